The Labute approximate surface area is 210 Å². The number of carbonyl (C=O) groups is 2. The van der Waals surface area contributed by atoms with E-state index in [1.165, 1.54) is 16.7 Å². The topological polar surface area (TPSA) is 73.2 Å². The van der Waals surface area contributed by atoms with E-state index >= 15 is 0 Å². The molecule has 0 aromatic heterocycles. The van der Waals surface area contributed by atoms with Gasteiger partial charge in [0, 0.05) is 11.4 Å². The molecule has 4 rings (SSSR count). The smallest absolute Gasteiger partial charge is 0.269 e. The van der Waals surface area contributed by atoms with E-state index in [4.69, 9.17) is 0 Å². The van der Waals surface area contributed by atoms with Gasteiger partial charge < -0.3 is 5.32 Å². The third-order valence-electron chi connectivity index (χ3n) is 6.03. The van der Waals surface area contributed by atoms with Crippen molar-refractivity contribution in [2.75, 3.05) is 10.2 Å². The van der Waals surface area contributed by atoms with Crippen LogP contribution in [0.25, 0.3) is 0 Å². The van der Waals surface area contributed by atoms with Crippen molar-refractivity contribution in [3.05, 3.63) is 105 Å². The molecule has 1 aliphatic heterocycles. The first-order chi connectivity index (χ1) is 16.8. The van der Waals surface area contributed by atoms with Crippen molar-refractivity contribution in [3.8, 4) is 6.07 Å². The van der Waals surface area contributed by atoms with Crippen LogP contribution in [0, 0.1) is 39.0 Å². The first-order valence-electron chi connectivity index (χ1n) is 11.4. The van der Waals surface area contributed by atoms with Gasteiger partial charge in [-0.2, -0.15) is 5.26 Å². The first-order valence-corrected chi connectivity index (χ1v) is 12.3. The minimum Gasteiger partial charge on any atom is -0.321 e. The van der Waals surface area contributed by atoms with Crippen molar-refractivity contribution in [1.82, 2.24) is 0 Å². The maximum atomic E-state index is 13.7. The summed E-state index contributed by atoms with van der Waals surface area (Å²) in [5.74, 6) is -0.663. The highest BCUT2D eigenvalue weighted by Crippen LogP contribution is 2.42. The second kappa shape index (κ2) is 10.2. The van der Waals surface area contributed by atoms with Gasteiger partial charge in [0.2, 0.25) is 5.91 Å². The molecule has 1 aliphatic rings. The number of benzene rings is 3. The van der Waals surface area contributed by atoms with Gasteiger partial charge in [-0.1, -0.05) is 59.8 Å². The standard InChI is InChI=1S/C29H27N3O2S/c1-18-7-5-9-22(13-18)16-26-28(34)32(24-12-11-20(3)21(4)15-24)29(35-26)25(17-30)27(33)31-23-10-6-8-19(2)14-23/h5-15,26H,16H2,1-4H3,(H,31,33)/b29-25-. The molecule has 0 spiro atoms. The van der Waals surface area contributed by atoms with E-state index in [9.17, 15) is 14.9 Å². The Kier molecular flexibility index (Phi) is 7.09. The Balaban J connectivity index is 1.75. The van der Waals surface area contributed by atoms with Crippen molar-refractivity contribution in [3.63, 3.8) is 0 Å². The zero-order valence-electron chi connectivity index (χ0n) is 20.3. The number of hydrogen-bond acceptors (Lipinski definition) is 4. The van der Waals surface area contributed by atoms with Gasteiger partial charge in [0.1, 0.15) is 16.7 Å². The second-order valence-electron chi connectivity index (χ2n) is 8.86. The van der Waals surface area contributed by atoms with Crippen LogP contribution in [0.2, 0.25) is 0 Å². The molecule has 0 saturated carbocycles. The Morgan fingerprint density at radius 3 is 2.34 bits per heavy atom. The Morgan fingerprint density at radius 2 is 1.69 bits per heavy atom. The normalized spacial score (nSPS) is 16.7. The van der Waals surface area contributed by atoms with Crippen LogP contribution in [0.15, 0.2) is 77.3 Å². The maximum absolute atomic E-state index is 13.7. The van der Waals surface area contributed by atoms with Gasteiger partial charge >= 0.3 is 0 Å². The van der Waals surface area contributed by atoms with Gasteiger partial charge in [0.25, 0.3) is 5.91 Å². The SMILES string of the molecule is Cc1cccc(CC2S/C(=C(/C#N)C(=O)Nc3cccc(C)c3)N(c3ccc(C)c(C)c3)C2=O)c1. The highest BCUT2D eigenvalue weighted by Gasteiger charge is 2.41. The minimum atomic E-state index is -0.529. The lowest BCUT2D eigenvalue weighted by atomic mass is 10.1. The number of hydrogen-bond donors (Lipinski definition) is 1. The number of thioether (sulfide) groups is 1. The quantitative estimate of drug-likeness (QED) is 0.359. The van der Waals surface area contributed by atoms with Gasteiger partial charge in [-0.05, 0) is 80.6 Å². The number of aryl methyl sites for hydroxylation is 4. The van der Waals surface area contributed by atoms with Crippen LogP contribution in [-0.4, -0.2) is 17.1 Å². The number of anilines is 2. The van der Waals surface area contributed by atoms with Crippen LogP contribution in [0.3, 0.4) is 0 Å². The number of rotatable bonds is 5. The molecule has 3 aromatic rings. The molecule has 0 radical (unpaired) electrons. The molecule has 2 amide bonds. The number of carbonyl (C=O) groups excluding carboxylic acids is 2. The third kappa shape index (κ3) is 5.31. The molecule has 1 atom stereocenters. The molecule has 1 fully saturated rings. The van der Waals surface area contributed by atoms with E-state index in [-0.39, 0.29) is 11.5 Å². The molecule has 0 aliphatic carbocycles. The van der Waals surface area contributed by atoms with Crippen molar-refractivity contribution >= 4 is 35.0 Å². The molecule has 176 valence electrons. The molecule has 1 heterocycles. The van der Waals surface area contributed by atoms with Crippen LogP contribution >= 0.6 is 11.8 Å². The van der Waals surface area contributed by atoms with E-state index in [0.29, 0.717) is 22.8 Å². The fourth-order valence-electron chi connectivity index (χ4n) is 4.06. The third-order valence-corrected chi connectivity index (χ3v) is 7.30. The number of nitriles is 1. The van der Waals surface area contributed by atoms with E-state index < -0.39 is 11.2 Å². The Hall–Kier alpha value is -3.82. The van der Waals surface area contributed by atoms with Gasteiger partial charge in [0.05, 0.1) is 5.25 Å². The molecule has 6 heteroatoms. The summed E-state index contributed by atoms with van der Waals surface area (Å²) >= 11 is 1.28. The summed E-state index contributed by atoms with van der Waals surface area (Å²) in [5.41, 5.74) is 6.48. The van der Waals surface area contributed by atoms with Gasteiger partial charge in [0.15, 0.2) is 0 Å². The van der Waals surface area contributed by atoms with Crippen molar-refractivity contribution in [1.29, 1.82) is 5.26 Å². The largest absolute Gasteiger partial charge is 0.321 e. The molecule has 35 heavy (non-hydrogen) atoms. The van der Waals surface area contributed by atoms with Crippen molar-refractivity contribution in [2.45, 2.75) is 39.4 Å². The lowest BCUT2D eigenvalue weighted by Gasteiger charge is -2.20. The molecular formula is C29H27N3O2S. The summed E-state index contributed by atoms with van der Waals surface area (Å²) in [5, 5.41) is 12.8. The van der Waals surface area contributed by atoms with Gasteiger partial charge in [-0.25, -0.2) is 0 Å². The average molecular weight is 482 g/mol. The zero-order valence-corrected chi connectivity index (χ0v) is 21.1. The summed E-state index contributed by atoms with van der Waals surface area (Å²) in [6, 6.07) is 23.3. The van der Waals surface area contributed by atoms with E-state index in [2.05, 4.69) is 17.5 Å². The maximum Gasteiger partial charge on any atom is 0.269 e. The molecule has 0 bridgehead atoms. The van der Waals surface area contributed by atoms with Gasteiger partial charge in [-0.15, -0.1) is 0 Å². The minimum absolute atomic E-state index is 0.0742. The van der Waals surface area contributed by atoms with Crippen molar-refractivity contribution < 1.29 is 9.59 Å². The zero-order chi connectivity index (χ0) is 25.1. The van der Waals surface area contributed by atoms with E-state index in [1.807, 2.05) is 82.3 Å². The monoisotopic (exact) mass is 481 g/mol. The summed E-state index contributed by atoms with van der Waals surface area (Å²) in [6.07, 6.45) is 0.508. The highest BCUT2D eigenvalue weighted by molar-refractivity contribution is 8.05. The van der Waals surface area contributed by atoms with Crippen molar-refractivity contribution in [2.24, 2.45) is 0 Å². The lowest BCUT2D eigenvalue weighted by Crippen LogP contribution is -2.31. The van der Waals surface area contributed by atoms with Crippen LogP contribution in [0.1, 0.15) is 27.8 Å². The molecule has 1 saturated heterocycles. The Morgan fingerprint density at radius 1 is 0.971 bits per heavy atom. The summed E-state index contributed by atoms with van der Waals surface area (Å²) in [6.45, 7) is 7.94. The molecule has 3 aromatic carbocycles. The number of nitrogens with one attached hydrogen (secondary N) is 1. The molecular weight excluding hydrogens is 454 g/mol. The average Bonchev–Trinajstić information content (AvgIpc) is 3.11. The number of nitrogens with zero attached hydrogens (tertiary/aromatic N) is 2. The fraction of sp³-hybridized carbons (Fsp3) is 0.207. The van der Waals surface area contributed by atoms with Crippen LogP contribution in [0.4, 0.5) is 11.4 Å². The number of amides is 2. The summed E-state index contributed by atoms with van der Waals surface area (Å²) in [7, 11) is 0. The highest BCUT2D eigenvalue weighted by atomic mass is 32.2. The molecule has 1 N–H and O–H groups in total. The molecule has 1 unspecified atom stereocenters. The van der Waals surface area contributed by atoms with Crippen LogP contribution in [0.5, 0.6) is 0 Å². The summed E-state index contributed by atoms with van der Waals surface area (Å²) < 4.78 is 0. The summed E-state index contributed by atoms with van der Waals surface area (Å²) in [4.78, 5) is 28.4. The van der Waals surface area contributed by atoms with Crippen LogP contribution < -0.4 is 10.2 Å². The second-order valence-corrected chi connectivity index (χ2v) is 10.0. The Bertz CT molecular complexity index is 1390. The first kappa shape index (κ1) is 24.3. The van der Waals surface area contributed by atoms with E-state index in [0.717, 1.165) is 27.8 Å². The predicted molar refractivity (Wildman–Crippen MR) is 142 cm³/mol. The lowest BCUT2D eigenvalue weighted by molar-refractivity contribution is -0.117. The predicted octanol–water partition coefficient (Wildman–Crippen LogP) is 5.99. The van der Waals surface area contributed by atoms with E-state index in [1.54, 1.807) is 6.07 Å². The van der Waals surface area contributed by atoms with Gasteiger partial charge in [-0.3, -0.25) is 14.5 Å². The molecule has 5 nitrogen and oxygen atoms in total. The van der Waals surface area contributed by atoms with Crippen LogP contribution in [-0.2, 0) is 16.0 Å². The fourth-order valence-corrected chi connectivity index (χ4v) is 5.36.